The van der Waals surface area contributed by atoms with E-state index in [1.807, 2.05) is 0 Å². The lowest BCUT2D eigenvalue weighted by molar-refractivity contribution is -0.141. The van der Waals surface area contributed by atoms with E-state index in [2.05, 4.69) is 11.6 Å². The molecule has 0 amide bonds. The predicted molar refractivity (Wildman–Crippen MR) is 76.7 cm³/mol. The van der Waals surface area contributed by atoms with Gasteiger partial charge in [0.15, 0.2) is 0 Å². The molecule has 0 fully saturated rings. The van der Waals surface area contributed by atoms with Crippen molar-refractivity contribution in [3.63, 3.8) is 0 Å². The van der Waals surface area contributed by atoms with Gasteiger partial charge in [-0.3, -0.25) is 0 Å². The van der Waals surface area contributed by atoms with Crippen molar-refractivity contribution in [2.24, 2.45) is 0 Å². The average molecular weight is 323 g/mol. The summed E-state index contributed by atoms with van der Waals surface area (Å²) in [7, 11) is 0. The summed E-state index contributed by atoms with van der Waals surface area (Å²) >= 11 is 0. The van der Waals surface area contributed by atoms with Crippen LogP contribution in [0.3, 0.4) is 0 Å². The van der Waals surface area contributed by atoms with E-state index in [1.54, 1.807) is 24.3 Å². The summed E-state index contributed by atoms with van der Waals surface area (Å²) in [6, 6.07) is 9.78. The summed E-state index contributed by atoms with van der Waals surface area (Å²) < 4.78 is 43.0. The zero-order chi connectivity index (χ0) is 17.0. The molecule has 23 heavy (non-hydrogen) atoms. The van der Waals surface area contributed by atoms with Gasteiger partial charge < -0.3 is 9.84 Å². The summed E-state index contributed by atoms with van der Waals surface area (Å²) in [6.45, 7) is 3.34. The highest BCUT2D eigenvalue weighted by molar-refractivity contribution is 6.14. The fourth-order valence-corrected chi connectivity index (χ4v) is 1.86. The largest absolute Gasteiger partial charge is 0.478 e. The molecule has 1 aromatic heterocycles. The number of benzene rings is 1. The number of alkyl halides is 3. The Labute approximate surface area is 129 Å². The van der Waals surface area contributed by atoms with E-state index in [9.17, 15) is 18.0 Å². The fourth-order valence-electron chi connectivity index (χ4n) is 1.86. The van der Waals surface area contributed by atoms with Crippen molar-refractivity contribution in [1.82, 2.24) is 4.98 Å². The smallest absolute Gasteiger partial charge is 0.433 e. The Morgan fingerprint density at radius 2 is 1.87 bits per heavy atom. The summed E-state index contributed by atoms with van der Waals surface area (Å²) in [5.74, 6) is -1.38. The molecule has 0 atom stereocenters. The fraction of sp³-hybridized carbons (Fsp3) is 0.125. The van der Waals surface area contributed by atoms with Crippen LogP contribution in [-0.4, -0.2) is 16.1 Å². The van der Waals surface area contributed by atoms with Gasteiger partial charge in [0.2, 0.25) is 5.88 Å². The Morgan fingerprint density at radius 3 is 2.52 bits per heavy atom. The van der Waals surface area contributed by atoms with Gasteiger partial charge in [0.1, 0.15) is 12.3 Å². The molecule has 2 aromatic rings. The van der Waals surface area contributed by atoms with Crippen LogP contribution < -0.4 is 4.74 Å². The second-order valence-corrected chi connectivity index (χ2v) is 4.59. The minimum absolute atomic E-state index is 0.124. The van der Waals surface area contributed by atoms with Crippen LogP contribution in [0.5, 0.6) is 5.88 Å². The van der Waals surface area contributed by atoms with Crippen molar-refractivity contribution in [2.45, 2.75) is 12.8 Å². The molecule has 0 aliphatic rings. The van der Waals surface area contributed by atoms with Gasteiger partial charge in [-0.2, -0.15) is 13.2 Å². The SMILES string of the molecule is C=C(C(=O)O)c1ccccc1COc1cccc(C(F)(F)F)n1. The molecule has 2 rings (SSSR count). The Bertz CT molecular complexity index is 741. The molecule has 1 heterocycles. The highest BCUT2D eigenvalue weighted by Gasteiger charge is 2.32. The first-order valence-corrected chi connectivity index (χ1v) is 6.46. The standard InChI is InChI=1S/C16H12F3NO3/c1-10(15(21)22)12-6-3-2-5-11(12)9-23-14-8-4-7-13(20-14)16(17,18)19/h2-8H,1,9H2,(H,21,22). The molecule has 0 spiro atoms. The van der Waals surface area contributed by atoms with Crippen LogP contribution >= 0.6 is 0 Å². The van der Waals surface area contributed by atoms with Crippen molar-refractivity contribution in [1.29, 1.82) is 0 Å². The van der Waals surface area contributed by atoms with Gasteiger partial charge in [-0.1, -0.05) is 36.9 Å². The van der Waals surface area contributed by atoms with Crippen molar-refractivity contribution in [3.05, 3.63) is 65.9 Å². The molecule has 7 heteroatoms. The molecular formula is C16H12F3NO3. The lowest BCUT2D eigenvalue weighted by Gasteiger charge is -2.12. The molecular weight excluding hydrogens is 311 g/mol. The third-order valence-corrected chi connectivity index (χ3v) is 2.99. The third kappa shape index (κ3) is 4.09. The third-order valence-electron chi connectivity index (χ3n) is 2.99. The number of carbonyl (C=O) groups is 1. The van der Waals surface area contributed by atoms with Gasteiger partial charge in [-0.05, 0) is 17.2 Å². The van der Waals surface area contributed by atoms with Crippen LogP contribution in [0.15, 0.2) is 49.0 Å². The number of ether oxygens (including phenoxy) is 1. The van der Waals surface area contributed by atoms with Gasteiger partial charge in [0.25, 0.3) is 0 Å². The van der Waals surface area contributed by atoms with E-state index in [1.165, 1.54) is 12.1 Å². The number of aromatic nitrogens is 1. The summed E-state index contributed by atoms with van der Waals surface area (Å²) in [4.78, 5) is 14.4. The first-order chi connectivity index (χ1) is 10.8. The van der Waals surface area contributed by atoms with E-state index < -0.39 is 17.8 Å². The monoisotopic (exact) mass is 323 g/mol. The van der Waals surface area contributed by atoms with Crippen molar-refractivity contribution in [2.75, 3.05) is 0 Å². The van der Waals surface area contributed by atoms with Gasteiger partial charge >= 0.3 is 12.1 Å². The molecule has 0 aliphatic carbocycles. The maximum absolute atomic E-state index is 12.6. The zero-order valence-corrected chi connectivity index (χ0v) is 11.8. The molecule has 1 N–H and O–H groups in total. The van der Waals surface area contributed by atoms with Crippen molar-refractivity contribution >= 4 is 11.5 Å². The van der Waals surface area contributed by atoms with E-state index in [0.29, 0.717) is 11.1 Å². The number of nitrogens with zero attached hydrogens (tertiary/aromatic N) is 1. The number of pyridine rings is 1. The molecule has 0 bridgehead atoms. The van der Waals surface area contributed by atoms with Crippen LogP contribution in [-0.2, 0) is 17.6 Å². The zero-order valence-electron chi connectivity index (χ0n) is 11.8. The second-order valence-electron chi connectivity index (χ2n) is 4.59. The van der Waals surface area contributed by atoms with E-state index >= 15 is 0 Å². The topological polar surface area (TPSA) is 59.4 Å². The number of hydrogen-bond donors (Lipinski definition) is 1. The quantitative estimate of drug-likeness (QED) is 0.851. The van der Waals surface area contributed by atoms with Gasteiger partial charge in [-0.15, -0.1) is 0 Å². The molecule has 120 valence electrons. The summed E-state index contributed by atoms with van der Waals surface area (Å²) in [5.41, 5.74) is -0.342. The Hall–Kier alpha value is -2.83. The van der Waals surface area contributed by atoms with Crippen LogP contribution in [0, 0.1) is 0 Å². The Kier molecular flexibility index (Phi) is 4.68. The minimum atomic E-state index is -4.56. The molecule has 0 radical (unpaired) electrons. The van der Waals surface area contributed by atoms with Crippen LogP contribution in [0.1, 0.15) is 16.8 Å². The number of aliphatic carboxylic acids is 1. The van der Waals surface area contributed by atoms with Crippen molar-refractivity contribution < 1.29 is 27.8 Å². The lowest BCUT2D eigenvalue weighted by atomic mass is 10.0. The summed E-state index contributed by atoms with van der Waals surface area (Å²) in [5, 5.41) is 8.99. The molecule has 0 unspecified atom stereocenters. The Morgan fingerprint density at radius 1 is 1.17 bits per heavy atom. The number of hydrogen-bond acceptors (Lipinski definition) is 3. The summed E-state index contributed by atoms with van der Waals surface area (Å²) in [6.07, 6.45) is -4.56. The van der Waals surface area contributed by atoms with Crippen LogP contribution in [0.25, 0.3) is 5.57 Å². The van der Waals surface area contributed by atoms with E-state index in [-0.39, 0.29) is 18.1 Å². The normalized spacial score (nSPS) is 11.1. The van der Waals surface area contributed by atoms with Crippen LogP contribution in [0.4, 0.5) is 13.2 Å². The van der Waals surface area contributed by atoms with E-state index in [0.717, 1.165) is 6.07 Å². The number of carboxylic acids is 1. The second kappa shape index (κ2) is 6.51. The van der Waals surface area contributed by atoms with Gasteiger partial charge in [-0.25, -0.2) is 9.78 Å². The van der Waals surface area contributed by atoms with Crippen molar-refractivity contribution in [3.8, 4) is 5.88 Å². The molecule has 0 saturated heterocycles. The minimum Gasteiger partial charge on any atom is -0.478 e. The van der Waals surface area contributed by atoms with Gasteiger partial charge in [0, 0.05) is 6.07 Å². The molecule has 4 nitrogen and oxygen atoms in total. The van der Waals surface area contributed by atoms with Gasteiger partial charge in [0.05, 0.1) is 5.57 Å². The molecule has 1 aromatic carbocycles. The highest BCUT2D eigenvalue weighted by Crippen LogP contribution is 2.29. The van der Waals surface area contributed by atoms with Crippen LogP contribution in [0.2, 0.25) is 0 Å². The number of rotatable bonds is 5. The first-order valence-electron chi connectivity index (χ1n) is 6.46. The maximum Gasteiger partial charge on any atom is 0.433 e. The number of carboxylic acid groups (broad SMARTS) is 1. The van der Waals surface area contributed by atoms with E-state index in [4.69, 9.17) is 9.84 Å². The molecule has 0 aliphatic heterocycles. The molecule has 0 saturated carbocycles. The maximum atomic E-state index is 12.6. The predicted octanol–water partition coefficient (Wildman–Crippen LogP) is 3.78. The Balaban J connectivity index is 2.19. The average Bonchev–Trinajstić information content (AvgIpc) is 2.52. The first kappa shape index (κ1) is 16.5. The number of halogens is 3. The lowest BCUT2D eigenvalue weighted by Crippen LogP contribution is -2.09. The highest BCUT2D eigenvalue weighted by atomic mass is 19.4.